The zero-order valence-electron chi connectivity index (χ0n) is 32.2. The van der Waals surface area contributed by atoms with Crippen LogP contribution >= 0.6 is 23.5 Å². The third-order valence-electron chi connectivity index (χ3n) is 9.08. The number of hydrogen-bond donors (Lipinski definition) is 8. The summed E-state index contributed by atoms with van der Waals surface area (Å²) in [6.45, 7) is 12.2. The second-order valence-electron chi connectivity index (χ2n) is 14.3. The Morgan fingerprint density at radius 1 is 0.600 bits per heavy atom. The molecule has 0 spiro atoms. The van der Waals surface area contributed by atoms with Gasteiger partial charge in [-0.2, -0.15) is 0 Å². The average Bonchev–Trinajstić information content (AvgIpc) is 3.62. The molecule has 302 valence electrons. The van der Waals surface area contributed by atoms with E-state index in [9.17, 15) is 28.8 Å². The lowest BCUT2D eigenvalue weighted by Gasteiger charge is -2.25. The van der Waals surface area contributed by atoms with Crippen LogP contribution in [0.25, 0.3) is 0 Å². The fourth-order valence-corrected chi connectivity index (χ4v) is 9.41. The highest BCUT2D eigenvalue weighted by molar-refractivity contribution is 8.01. The van der Waals surface area contributed by atoms with Crippen molar-refractivity contribution in [3.05, 3.63) is 71.8 Å². The van der Waals surface area contributed by atoms with Crippen LogP contribution in [0, 0.1) is 0 Å². The van der Waals surface area contributed by atoms with E-state index in [1.54, 1.807) is 13.8 Å². The van der Waals surface area contributed by atoms with Crippen molar-refractivity contribution in [2.75, 3.05) is 26.2 Å². The molecule has 2 saturated heterocycles. The van der Waals surface area contributed by atoms with Crippen molar-refractivity contribution in [1.82, 2.24) is 42.5 Å². The minimum Gasteiger partial charge on any atom is -0.412 e. The summed E-state index contributed by atoms with van der Waals surface area (Å²) in [4.78, 5) is 79.0. The van der Waals surface area contributed by atoms with Crippen LogP contribution in [0.3, 0.4) is 0 Å². The van der Waals surface area contributed by atoms with Crippen molar-refractivity contribution in [3.8, 4) is 0 Å². The lowest BCUT2D eigenvalue weighted by Crippen LogP contribution is -2.59. The molecular weight excluding hydrogens is 745 g/mol. The lowest BCUT2D eigenvalue weighted by molar-refractivity contribution is -0.129. The highest BCUT2D eigenvalue weighted by Gasteiger charge is 2.50. The molecule has 17 heteroatoms. The predicted molar refractivity (Wildman–Crippen MR) is 216 cm³/mol. The summed E-state index contributed by atoms with van der Waals surface area (Å²) < 4.78 is -1.26. The van der Waals surface area contributed by atoms with Crippen LogP contribution in [-0.4, -0.2) is 112 Å². The molecule has 0 radical (unpaired) electrons. The molecule has 4 rings (SSSR count). The summed E-state index contributed by atoms with van der Waals surface area (Å²) >= 11 is 2.81. The van der Waals surface area contributed by atoms with E-state index in [1.807, 2.05) is 88.4 Å². The minimum absolute atomic E-state index is 0. The molecule has 2 heterocycles. The number of carbonyl (C=O) groups is 6. The van der Waals surface area contributed by atoms with Crippen LogP contribution in [0.5, 0.6) is 0 Å². The maximum absolute atomic E-state index is 13.5. The number of thioether (sulfide) groups is 2. The molecule has 2 aliphatic heterocycles. The summed E-state index contributed by atoms with van der Waals surface area (Å²) in [5.41, 5.74) is 1.64. The van der Waals surface area contributed by atoms with E-state index in [1.165, 1.54) is 23.5 Å². The molecule has 2 aliphatic rings. The number of carbonyl (C=O) groups excluding carboxylic acids is 6. The van der Waals surface area contributed by atoms with E-state index in [4.69, 9.17) is 0 Å². The van der Waals surface area contributed by atoms with Gasteiger partial charge in [0, 0.05) is 35.7 Å². The highest BCUT2D eigenvalue weighted by Crippen LogP contribution is 2.40. The van der Waals surface area contributed by atoms with Gasteiger partial charge < -0.3 is 37.4 Å². The van der Waals surface area contributed by atoms with Gasteiger partial charge in [-0.15, -0.1) is 23.5 Å². The largest absolute Gasteiger partial charge is 0.412 e. The number of rotatable bonds is 17. The molecule has 2 fully saturated rings. The van der Waals surface area contributed by atoms with Crippen LogP contribution in [0.1, 0.15) is 52.7 Å². The second-order valence-corrected chi connectivity index (χ2v) is 17.9. The molecule has 55 heavy (non-hydrogen) atoms. The first-order valence-electron chi connectivity index (χ1n) is 18.3. The number of hydrogen-bond acceptors (Lipinski definition) is 10. The monoisotopic (exact) mass is 800 g/mol. The Hall–Kier alpha value is -4.16. The van der Waals surface area contributed by atoms with Crippen LogP contribution in [0.15, 0.2) is 60.7 Å². The second kappa shape index (κ2) is 20.7. The van der Waals surface area contributed by atoms with Gasteiger partial charge in [0.2, 0.25) is 35.4 Å². The quantitative estimate of drug-likeness (QED) is 0.0978. The Balaban J connectivity index is 0.00000812. The summed E-state index contributed by atoms with van der Waals surface area (Å²) in [5, 5.41) is 22.5. The highest BCUT2D eigenvalue weighted by atomic mass is 32.2. The molecule has 15 nitrogen and oxygen atoms in total. The number of nitrogens with one attached hydrogen (secondary N) is 8. The molecule has 6 atom stereocenters. The van der Waals surface area contributed by atoms with E-state index >= 15 is 0 Å². The molecule has 0 bridgehead atoms. The van der Waals surface area contributed by atoms with E-state index in [0.29, 0.717) is 13.1 Å². The van der Waals surface area contributed by atoms with Gasteiger partial charge in [-0.3, -0.25) is 39.4 Å². The van der Waals surface area contributed by atoms with Gasteiger partial charge >= 0.3 is 0 Å². The third kappa shape index (κ3) is 12.7. The predicted octanol–water partition coefficient (Wildman–Crippen LogP) is -0.259. The topological polar surface area (TPSA) is 230 Å². The smallest absolute Gasteiger partial charge is 0.245 e. The Morgan fingerprint density at radius 3 is 1.27 bits per heavy atom. The normalized spacial score (nSPS) is 21.9. The fraction of sp³-hybridized carbons (Fsp3) is 0.526. The van der Waals surface area contributed by atoms with Gasteiger partial charge in [-0.1, -0.05) is 60.7 Å². The van der Waals surface area contributed by atoms with E-state index in [0.717, 1.165) is 11.1 Å². The molecule has 0 aromatic heterocycles. The van der Waals surface area contributed by atoms with Gasteiger partial charge in [0.25, 0.3) is 0 Å². The maximum atomic E-state index is 13.5. The zero-order chi connectivity index (χ0) is 39.5. The molecule has 0 saturated carbocycles. The van der Waals surface area contributed by atoms with Gasteiger partial charge in [0.15, 0.2) is 0 Å². The Labute approximate surface area is 331 Å². The molecule has 6 amide bonds. The van der Waals surface area contributed by atoms with Crippen molar-refractivity contribution >= 4 is 59.0 Å². The minimum atomic E-state index is -0.920. The zero-order valence-corrected chi connectivity index (χ0v) is 33.9. The first-order chi connectivity index (χ1) is 25.6. The lowest BCUT2D eigenvalue weighted by atomic mass is 10.0. The standard InChI is InChI=1S/C38H54N8O6S2.H2O/c1-7-39-31(49)27(43-25(47)21-23-15-11-9-12-16-23)35-45-29(37(3,4)53-35)33(51)41-19-20-42-34(52)30-38(5,6)54-36(46-30)28(32(50)40-8-2)44-26(48)22-24-17-13-10-14-18-24;/h9-18,27-30,35-36,45-46H,7-8,19-22H2,1-6H3,(H,39,49)(H,40,50)(H,41,51)(H,42,52)(H,43,47)(H,44,48);1H2/t27-,28-,29+,30+,35-,36-;/m1./s1. The Kier molecular flexibility index (Phi) is 17.0. The van der Waals surface area contributed by atoms with Gasteiger partial charge in [-0.05, 0) is 52.7 Å². The first kappa shape index (κ1) is 45.2. The van der Waals surface area contributed by atoms with Crippen molar-refractivity contribution in [2.24, 2.45) is 0 Å². The molecule has 10 N–H and O–H groups in total. The Bertz CT molecular complexity index is 1510. The van der Waals surface area contributed by atoms with Crippen molar-refractivity contribution in [1.29, 1.82) is 0 Å². The summed E-state index contributed by atoms with van der Waals surface area (Å²) in [5.74, 6) is -1.92. The molecule has 2 aromatic rings. The maximum Gasteiger partial charge on any atom is 0.245 e. The molecular formula is C38H56N8O7S2. The number of likely N-dealkylation sites (N-methyl/N-ethyl adjacent to an activating group) is 2. The van der Waals surface area contributed by atoms with Crippen LogP contribution in [0.4, 0.5) is 0 Å². The fourth-order valence-electron chi connectivity index (χ4n) is 6.41. The number of benzene rings is 2. The summed E-state index contributed by atoms with van der Waals surface area (Å²) in [7, 11) is 0. The molecule has 2 aromatic carbocycles. The van der Waals surface area contributed by atoms with E-state index in [2.05, 4.69) is 42.5 Å². The van der Waals surface area contributed by atoms with Gasteiger partial charge in [0.1, 0.15) is 24.2 Å². The Morgan fingerprint density at radius 2 is 0.945 bits per heavy atom. The van der Waals surface area contributed by atoms with Crippen molar-refractivity contribution < 1.29 is 34.2 Å². The number of amides is 6. The molecule has 0 unspecified atom stereocenters. The average molecular weight is 801 g/mol. The van der Waals surface area contributed by atoms with Crippen LogP contribution in [0.2, 0.25) is 0 Å². The summed E-state index contributed by atoms with van der Waals surface area (Å²) in [6, 6.07) is 15.3. The first-order valence-corrected chi connectivity index (χ1v) is 20.1. The van der Waals surface area contributed by atoms with Crippen LogP contribution < -0.4 is 42.5 Å². The van der Waals surface area contributed by atoms with Gasteiger partial charge in [0.05, 0.1) is 23.6 Å². The van der Waals surface area contributed by atoms with Crippen molar-refractivity contribution in [3.63, 3.8) is 0 Å². The van der Waals surface area contributed by atoms with Crippen LogP contribution in [-0.2, 0) is 41.6 Å². The summed E-state index contributed by atoms with van der Waals surface area (Å²) in [6.07, 6.45) is 0.223. The SMILES string of the molecule is CCNC(=O)[C@@H](NC(=O)Cc1ccccc1)[C@@H]1N[C@@H](C(=O)NCCNC(=O)[C@@H]2N[C@@H]([C@H](NC(=O)Cc3ccccc3)C(=O)NCC)SC2(C)C)C(C)(C)S1.O. The van der Waals surface area contributed by atoms with Crippen molar-refractivity contribution in [2.45, 2.75) is 98.8 Å². The van der Waals surface area contributed by atoms with E-state index in [-0.39, 0.29) is 66.9 Å². The van der Waals surface area contributed by atoms with Gasteiger partial charge in [-0.25, -0.2) is 0 Å². The molecule has 0 aliphatic carbocycles. The van der Waals surface area contributed by atoms with E-state index < -0.39 is 44.4 Å². The third-order valence-corrected chi connectivity index (χ3v) is 12.1.